The molecule has 7 nitrogen and oxygen atoms in total. The molecule has 0 aliphatic heterocycles. The molecule has 0 radical (unpaired) electrons. The van der Waals surface area contributed by atoms with Crippen LogP contribution in [-0.4, -0.2) is 35.7 Å². The van der Waals surface area contributed by atoms with Gasteiger partial charge in [-0.05, 0) is 59.7 Å². The second kappa shape index (κ2) is 9.25. The Hall–Kier alpha value is -4.13. The molecule has 1 fully saturated rings. The van der Waals surface area contributed by atoms with E-state index in [1.165, 1.54) is 17.2 Å². The van der Waals surface area contributed by atoms with Crippen molar-refractivity contribution in [3.63, 3.8) is 0 Å². The maximum Gasteiger partial charge on any atom is 0.407 e. The minimum atomic E-state index is -1.03. The van der Waals surface area contributed by atoms with Crippen molar-refractivity contribution >= 4 is 23.7 Å². The fourth-order valence-corrected chi connectivity index (χ4v) is 4.99. The van der Waals surface area contributed by atoms with Gasteiger partial charge in [0.1, 0.15) is 6.61 Å². The number of aromatic carboxylic acids is 1. The third kappa shape index (κ3) is 4.37. The quantitative estimate of drug-likeness (QED) is 0.473. The monoisotopic (exact) mass is 470 g/mol. The van der Waals surface area contributed by atoms with Crippen molar-refractivity contribution in [2.45, 2.75) is 31.7 Å². The molecular formula is C28H26N2O5. The van der Waals surface area contributed by atoms with Gasteiger partial charge in [0.05, 0.1) is 5.56 Å². The molecule has 3 N–H and O–H groups in total. The summed E-state index contributed by atoms with van der Waals surface area (Å²) >= 11 is 0. The Morgan fingerprint density at radius 3 is 2.17 bits per heavy atom. The van der Waals surface area contributed by atoms with E-state index in [0.717, 1.165) is 11.1 Å². The highest BCUT2D eigenvalue weighted by Gasteiger charge is 2.36. The summed E-state index contributed by atoms with van der Waals surface area (Å²) in [6, 6.07) is 21.0. The van der Waals surface area contributed by atoms with Gasteiger partial charge in [0.15, 0.2) is 0 Å². The van der Waals surface area contributed by atoms with Crippen LogP contribution in [0.25, 0.3) is 11.1 Å². The molecule has 3 aromatic rings. The Morgan fingerprint density at radius 2 is 1.54 bits per heavy atom. The van der Waals surface area contributed by atoms with Crippen molar-refractivity contribution in [1.29, 1.82) is 0 Å². The summed E-state index contributed by atoms with van der Waals surface area (Å²) in [6.45, 7) is 1.91. The maximum absolute atomic E-state index is 12.6. The second-order valence-electron chi connectivity index (χ2n) is 9.11. The van der Waals surface area contributed by atoms with Gasteiger partial charge in [-0.25, -0.2) is 9.59 Å². The molecule has 0 aromatic heterocycles. The van der Waals surface area contributed by atoms with Crippen molar-refractivity contribution < 1.29 is 24.2 Å². The van der Waals surface area contributed by atoms with E-state index in [4.69, 9.17) is 4.74 Å². The Bertz CT molecular complexity index is 1270. The number of carboxylic acid groups (broad SMARTS) is 1. The molecule has 3 aromatic carbocycles. The number of rotatable bonds is 6. The van der Waals surface area contributed by atoms with E-state index >= 15 is 0 Å². The molecule has 2 aliphatic rings. The molecule has 1 saturated carbocycles. The molecule has 0 unspecified atom stereocenters. The normalized spacial score (nSPS) is 18.1. The number of carboxylic acids is 1. The van der Waals surface area contributed by atoms with Crippen molar-refractivity contribution in [2.75, 3.05) is 11.9 Å². The Morgan fingerprint density at radius 1 is 0.914 bits per heavy atom. The summed E-state index contributed by atoms with van der Waals surface area (Å²) in [5.41, 5.74) is 5.83. The summed E-state index contributed by atoms with van der Waals surface area (Å²) in [5, 5.41) is 14.9. The predicted molar refractivity (Wildman–Crippen MR) is 131 cm³/mol. The molecule has 0 heterocycles. The van der Waals surface area contributed by atoms with E-state index in [-0.39, 0.29) is 36.0 Å². The van der Waals surface area contributed by atoms with Crippen LogP contribution in [-0.2, 0) is 9.53 Å². The third-order valence-electron chi connectivity index (χ3n) is 7.00. The first kappa shape index (κ1) is 22.7. The number of ether oxygens (including phenoxy) is 1. The zero-order valence-electron chi connectivity index (χ0n) is 19.3. The van der Waals surface area contributed by atoms with Crippen LogP contribution in [0.15, 0.2) is 66.7 Å². The lowest BCUT2D eigenvalue weighted by molar-refractivity contribution is -0.122. The smallest absolute Gasteiger partial charge is 0.407 e. The molecule has 0 atom stereocenters. The summed E-state index contributed by atoms with van der Waals surface area (Å²) < 4.78 is 5.58. The lowest BCUT2D eigenvalue weighted by Crippen LogP contribution is -2.48. The molecule has 0 bridgehead atoms. The van der Waals surface area contributed by atoms with Crippen LogP contribution in [0.3, 0.4) is 0 Å². The van der Waals surface area contributed by atoms with Crippen molar-refractivity contribution in [1.82, 2.24) is 5.32 Å². The van der Waals surface area contributed by atoms with Crippen molar-refractivity contribution in [3.05, 3.63) is 89.0 Å². The van der Waals surface area contributed by atoms with Crippen molar-refractivity contribution in [3.8, 4) is 11.1 Å². The number of hydrogen-bond donors (Lipinski definition) is 3. The van der Waals surface area contributed by atoms with Gasteiger partial charge in [-0.1, -0.05) is 54.6 Å². The van der Waals surface area contributed by atoms with Crippen LogP contribution in [0.5, 0.6) is 0 Å². The molecular weight excluding hydrogens is 444 g/mol. The molecule has 35 heavy (non-hydrogen) atoms. The molecule has 178 valence electrons. The zero-order chi connectivity index (χ0) is 24.5. The minimum absolute atomic E-state index is 0.00197. The van der Waals surface area contributed by atoms with Crippen LogP contribution in [0.4, 0.5) is 10.5 Å². The second-order valence-corrected chi connectivity index (χ2v) is 9.11. The topological polar surface area (TPSA) is 105 Å². The Labute approximate surface area is 203 Å². The van der Waals surface area contributed by atoms with E-state index in [1.807, 2.05) is 24.3 Å². The van der Waals surface area contributed by atoms with Gasteiger partial charge in [-0.3, -0.25) is 4.79 Å². The molecule has 7 heteroatoms. The number of carbonyl (C=O) groups is 3. The highest BCUT2D eigenvalue weighted by atomic mass is 16.5. The van der Waals surface area contributed by atoms with Gasteiger partial charge >= 0.3 is 12.1 Å². The number of benzene rings is 3. The zero-order valence-corrected chi connectivity index (χ0v) is 19.3. The van der Waals surface area contributed by atoms with Crippen molar-refractivity contribution in [2.24, 2.45) is 5.92 Å². The fourth-order valence-electron chi connectivity index (χ4n) is 4.99. The largest absolute Gasteiger partial charge is 0.478 e. The van der Waals surface area contributed by atoms with Gasteiger partial charge in [-0.2, -0.15) is 0 Å². The highest BCUT2D eigenvalue weighted by Crippen LogP contribution is 2.44. The number of carbonyl (C=O) groups excluding carboxylic acids is 2. The van der Waals surface area contributed by atoms with Crippen LogP contribution in [0, 0.1) is 12.8 Å². The first-order valence-electron chi connectivity index (χ1n) is 11.7. The van der Waals surface area contributed by atoms with E-state index in [0.29, 0.717) is 24.1 Å². The van der Waals surface area contributed by atoms with Gasteiger partial charge in [-0.15, -0.1) is 0 Å². The molecule has 0 spiro atoms. The number of hydrogen-bond acceptors (Lipinski definition) is 4. The number of alkyl carbamates (subject to hydrolysis) is 1. The average molecular weight is 471 g/mol. The summed E-state index contributed by atoms with van der Waals surface area (Å²) in [7, 11) is 0. The van der Waals surface area contributed by atoms with E-state index in [2.05, 4.69) is 34.9 Å². The number of amides is 2. The van der Waals surface area contributed by atoms with Gasteiger partial charge in [0.2, 0.25) is 5.91 Å². The molecule has 2 aliphatic carbocycles. The standard InChI is InChI=1S/C28H26N2O5/c1-16-19(27(32)33)11-6-12-25(16)30-26(31)17-13-18(14-17)29-28(34)35-15-24-22-9-4-2-7-20(22)21-8-3-5-10-23(21)24/h2-12,17-18,24H,13-15H2,1H3,(H,29,34)(H,30,31)(H,32,33). The first-order chi connectivity index (χ1) is 16.9. The Kier molecular flexibility index (Phi) is 5.99. The van der Waals surface area contributed by atoms with E-state index < -0.39 is 12.1 Å². The number of fused-ring (bicyclic) bond motifs is 3. The number of nitrogens with one attached hydrogen (secondary N) is 2. The lowest BCUT2D eigenvalue weighted by atomic mass is 9.79. The van der Waals surface area contributed by atoms with Gasteiger partial charge in [0.25, 0.3) is 0 Å². The summed E-state index contributed by atoms with van der Waals surface area (Å²) in [6.07, 6.45) is 0.530. The number of anilines is 1. The lowest BCUT2D eigenvalue weighted by Gasteiger charge is -2.34. The molecule has 2 amide bonds. The summed E-state index contributed by atoms with van der Waals surface area (Å²) in [4.78, 5) is 36.3. The molecule has 5 rings (SSSR count). The maximum atomic E-state index is 12.6. The predicted octanol–water partition coefficient (Wildman–Crippen LogP) is 4.95. The molecule has 0 saturated heterocycles. The fraction of sp³-hybridized carbons (Fsp3) is 0.250. The highest BCUT2D eigenvalue weighted by molar-refractivity contribution is 5.97. The van der Waals surface area contributed by atoms with Crippen LogP contribution in [0.1, 0.15) is 45.8 Å². The van der Waals surface area contributed by atoms with E-state index in [9.17, 15) is 19.5 Å². The average Bonchev–Trinajstić information content (AvgIpc) is 3.14. The third-order valence-corrected chi connectivity index (χ3v) is 7.00. The summed E-state index contributed by atoms with van der Waals surface area (Å²) in [5.74, 6) is -1.46. The first-order valence-corrected chi connectivity index (χ1v) is 11.7. The van der Waals surface area contributed by atoms with Gasteiger partial charge in [0, 0.05) is 23.6 Å². The van der Waals surface area contributed by atoms with Crippen LogP contribution < -0.4 is 10.6 Å². The van der Waals surface area contributed by atoms with Crippen LogP contribution in [0.2, 0.25) is 0 Å². The Balaban J connectivity index is 1.12. The van der Waals surface area contributed by atoms with Gasteiger partial charge < -0.3 is 20.5 Å². The minimum Gasteiger partial charge on any atom is -0.478 e. The van der Waals surface area contributed by atoms with Crippen LogP contribution >= 0.6 is 0 Å². The van der Waals surface area contributed by atoms with E-state index in [1.54, 1.807) is 19.1 Å². The SMILES string of the molecule is Cc1c(NC(=O)C2CC(NC(=O)OCC3c4ccccc4-c4ccccc43)C2)cccc1C(=O)O.